The highest BCUT2D eigenvalue weighted by atomic mass is 35.5. The largest absolute Gasteiger partial charge is 0.435 e. The van der Waals surface area contributed by atoms with Crippen molar-refractivity contribution in [1.82, 2.24) is 4.98 Å². The van der Waals surface area contributed by atoms with Gasteiger partial charge in [-0.15, -0.1) is 0 Å². The zero-order chi connectivity index (χ0) is 19.8. The van der Waals surface area contributed by atoms with Crippen LogP contribution in [-0.2, 0) is 0 Å². The Morgan fingerprint density at radius 1 is 1.00 bits per heavy atom. The summed E-state index contributed by atoms with van der Waals surface area (Å²) in [5, 5.41) is 4.15. The molecule has 140 valence electrons. The smallest absolute Gasteiger partial charge is 0.257 e. The van der Waals surface area contributed by atoms with E-state index in [0.717, 1.165) is 5.56 Å². The highest BCUT2D eigenvalue weighted by Gasteiger charge is 2.15. The number of hydrogen-bond donors (Lipinski definition) is 1. The van der Waals surface area contributed by atoms with Crippen molar-refractivity contribution in [3.05, 3.63) is 80.8 Å². The molecule has 0 aliphatic rings. The molecule has 0 saturated heterocycles. The average molecular weight is 432 g/mol. The predicted octanol–water partition coefficient (Wildman–Crippen LogP) is 7.02. The van der Waals surface area contributed by atoms with E-state index < -0.39 is 0 Å². The molecule has 28 heavy (non-hydrogen) atoms. The summed E-state index contributed by atoms with van der Waals surface area (Å²) in [4.78, 5) is 17.0. The van der Waals surface area contributed by atoms with E-state index in [1.807, 2.05) is 19.1 Å². The van der Waals surface area contributed by atoms with Crippen LogP contribution in [-0.4, -0.2) is 10.9 Å². The number of fused-ring (bicyclic) bond motifs is 1. The molecule has 3 aromatic carbocycles. The van der Waals surface area contributed by atoms with Crippen LogP contribution in [0.3, 0.4) is 0 Å². The number of oxazole rings is 1. The third-order valence-corrected chi connectivity index (χ3v) is 5.09. The van der Waals surface area contributed by atoms with Crippen LogP contribution in [0.4, 0.5) is 5.69 Å². The van der Waals surface area contributed by atoms with Gasteiger partial charge in [-0.2, -0.15) is 0 Å². The van der Waals surface area contributed by atoms with Crippen molar-refractivity contribution in [3.8, 4) is 11.5 Å². The molecule has 0 fully saturated rings. The van der Waals surface area contributed by atoms with Crippen LogP contribution in [0.15, 0.2) is 59.0 Å². The Hall–Kier alpha value is -2.53. The molecule has 0 saturated carbocycles. The lowest BCUT2D eigenvalue weighted by Gasteiger charge is -2.10. The summed E-state index contributed by atoms with van der Waals surface area (Å²) in [5.74, 6) is 0.0886. The molecule has 1 heterocycles. The van der Waals surface area contributed by atoms with Gasteiger partial charge < -0.3 is 9.73 Å². The number of hydrogen-bond acceptors (Lipinski definition) is 3. The van der Waals surface area contributed by atoms with Crippen LogP contribution in [0.5, 0.6) is 0 Å². The Kier molecular flexibility index (Phi) is 5.02. The highest BCUT2D eigenvalue weighted by Crippen LogP contribution is 2.33. The van der Waals surface area contributed by atoms with Gasteiger partial charge in [0.15, 0.2) is 5.58 Å². The Bertz CT molecular complexity index is 1220. The summed E-state index contributed by atoms with van der Waals surface area (Å²) in [5.41, 5.74) is 3.65. The molecule has 0 radical (unpaired) electrons. The number of nitrogens with one attached hydrogen (secondary N) is 1. The van der Waals surface area contributed by atoms with Crippen molar-refractivity contribution in [2.24, 2.45) is 0 Å². The van der Waals surface area contributed by atoms with Crippen LogP contribution in [0, 0.1) is 6.92 Å². The van der Waals surface area contributed by atoms with Gasteiger partial charge in [0.2, 0.25) is 5.89 Å². The van der Waals surface area contributed by atoms with Crippen LogP contribution in [0.1, 0.15) is 15.9 Å². The molecule has 0 unspecified atom stereocenters. The number of aryl methyl sites for hydroxylation is 1. The molecule has 0 aliphatic carbocycles. The molecular formula is C21H13Cl3N2O2. The van der Waals surface area contributed by atoms with E-state index in [2.05, 4.69) is 10.3 Å². The fraction of sp³-hybridized carbons (Fsp3) is 0.0476. The summed E-state index contributed by atoms with van der Waals surface area (Å²) >= 11 is 18.3. The van der Waals surface area contributed by atoms with Crippen LogP contribution >= 0.6 is 34.8 Å². The first kappa shape index (κ1) is 18.8. The quantitative estimate of drug-likeness (QED) is 0.379. The third-order valence-electron chi connectivity index (χ3n) is 4.26. The zero-order valence-corrected chi connectivity index (χ0v) is 16.9. The first-order valence-electron chi connectivity index (χ1n) is 8.35. The molecular weight excluding hydrogens is 419 g/mol. The maximum absolute atomic E-state index is 12.6. The number of anilines is 1. The topological polar surface area (TPSA) is 55.1 Å². The van der Waals surface area contributed by atoms with Crippen LogP contribution in [0.2, 0.25) is 15.1 Å². The minimum absolute atomic E-state index is 0.293. The van der Waals surface area contributed by atoms with E-state index in [0.29, 0.717) is 48.9 Å². The zero-order valence-electron chi connectivity index (χ0n) is 14.6. The highest BCUT2D eigenvalue weighted by molar-refractivity contribution is 6.38. The maximum atomic E-state index is 12.6. The van der Waals surface area contributed by atoms with Gasteiger partial charge in [-0.1, -0.05) is 53.0 Å². The number of benzene rings is 3. The second-order valence-electron chi connectivity index (χ2n) is 6.22. The molecule has 1 N–H and O–H groups in total. The standard InChI is InChI=1S/C21H13Cl3N2O2/c1-11-6-7-12(21-26-18-10-13(22)9-16(24)19(18)28-21)8-17(11)25-20(27)14-4-2-3-5-15(14)23/h2-10H,1H3,(H,25,27). The van der Waals surface area contributed by atoms with Crippen molar-refractivity contribution in [2.45, 2.75) is 6.92 Å². The Morgan fingerprint density at radius 2 is 1.79 bits per heavy atom. The summed E-state index contributed by atoms with van der Waals surface area (Å²) in [6, 6.07) is 15.7. The second kappa shape index (κ2) is 7.47. The lowest BCUT2D eigenvalue weighted by molar-refractivity contribution is 0.102. The lowest BCUT2D eigenvalue weighted by atomic mass is 10.1. The number of aromatic nitrogens is 1. The molecule has 1 aromatic heterocycles. The summed E-state index contributed by atoms with van der Waals surface area (Å²) in [6.45, 7) is 1.90. The monoisotopic (exact) mass is 430 g/mol. The fourth-order valence-electron chi connectivity index (χ4n) is 2.81. The fourth-order valence-corrected chi connectivity index (χ4v) is 3.55. The van der Waals surface area contributed by atoms with E-state index in [4.69, 9.17) is 39.2 Å². The molecule has 7 heteroatoms. The normalized spacial score (nSPS) is 11.0. The molecule has 1 amide bonds. The van der Waals surface area contributed by atoms with E-state index >= 15 is 0 Å². The summed E-state index contributed by atoms with van der Waals surface area (Å²) in [6.07, 6.45) is 0. The van der Waals surface area contributed by atoms with Gasteiger partial charge in [-0.25, -0.2) is 4.98 Å². The van der Waals surface area contributed by atoms with Crippen molar-refractivity contribution in [3.63, 3.8) is 0 Å². The Labute approximate surface area is 176 Å². The number of nitrogens with zero attached hydrogens (tertiary/aromatic N) is 1. The van der Waals surface area contributed by atoms with Crippen molar-refractivity contribution >= 4 is 57.5 Å². The van der Waals surface area contributed by atoms with E-state index in [1.54, 1.807) is 42.5 Å². The average Bonchev–Trinajstić information content (AvgIpc) is 3.08. The van der Waals surface area contributed by atoms with Crippen LogP contribution < -0.4 is 5.32 Å². The Balaban J connectivity index is 1.71. The minimum Gasteiger partial charge on any atom is -0.435 e. The number of halogens is 3. The summed E-state index contributed by atoms with van der Waals surface area (Å²) in [7, 11) is 0. The van der Waals surface area contributed by atoms with Gasteiger partial charge in [0.25, 0.3) is 5.91 Å². The molecule has 0 atom stereocenters. The van der Waals surface area contributed by atoms with Crippen molar-refractivity contribution in [2.75, 3.05) is 5.32 Å². The molecule has 4 aromatic rings. The van der Waals surface area contributed by atoms with E-state index in [-0.39, 0.29) is 5.91 Å². The third kappa shape index (κ3) is 3.59. The number of rotatable bonds is 3. The van der Waals surface area contributed by atoms with E-state index in [1.165, 1.54) is 0 Å². The molecule has 0 spiro atoms. The van der Waals surface area contributed by atoms with Crippen molar-refractivity contribution < 1.29 is 9.21 Å². The van der Waals surface area contributed by atoms with Gasteiger partial charge in [-0.05, 0) is 48.9 Å². The van der Waals surface area contributed by atoms with Gasteiger partial charge in [-0.3, -0.25) is 4.79 Å². The first-order chi connectivity index (χ1) is 13.4. The van der Waals surface area contributed by atoms with Gasteiger partial charge >= 0.3 is 0 Å². The second-order valence-corrected chi connectivity index (χ2v) is 7.47. The molecule has 0 bridgehead atoms. The first-order valence-corrected chi connectivity index (χ1v) is 9.48. The number of carbonyl (C=O) groups is 1. The van der Waals surface area contributed by atoms with Crippen LogP contribution in [0.25, 0.3) is 22.6 Å². The van der Waals surface area contributed by atoms with Gasteiger partial charge in [0.05, 0.1) is 15.6 Å². The number of carbonyl (C=O) groups excluding carboxylic acids is 1. The number of amides is 1. The summed E-state index contributed by atoms with van der Waals surface area (Å²) < 4.78 is 5.81. The Morgan fingerprint density at radius 3 is 2.57 bits per heavy atom. The molecule has 0 aliphatic heterocycles. The maximum Gasteiger partial charge on any atom is 0.257 e. The molecule has 4 nitrogen and oxygen atoms in total. The SMILES string of the molecule is Cc1ccc(-c2nc3cc(Cl)cc(Cl)c3o2)cc1NC(=O)c1ccccc1Cl. The van der Waals surface area contributed by atoms with E-state index in [9.17, 15) is 4.79 Å². The van der Waals surface area contributed by atoms with Gasteiger partial charge in [0, 0.05) is 16.3 Å². The molecule has 4 rings (SSSR count). The van der Waals surface area contributed by atoms with Crippen molar-refractivity contribution in [1.29, 1.82) is 0 Å². The minimum atomic E-state index is -0.293. The lowest BCUT2D eigenvalue weighted by Crippen LogP contribution is -2.13. The predicted molar refractivity (Wildman–Crippen MR) is 114 cm³/mol. The van der Waals surface area contributed by atoms with Gasteiger partial charge in [0.1, 0.15) is 5.52 Å².